The highest BCUT2D eigenvalue weighted by Gasteiger charge is 2.16. The predicted molar refractivity (Wildman–Crippen MR) is 113 cm³/mol. The molecule has 0 aliphatic carbocycles. The Kier molecular flexibility index (Phi) is 6.00. The SMILES string of the molecule is Cc1c(C)n(Cc2ccccc2)c2c(COc3ccc(F)cc3)nccc12.Cl. The third-order valence-corrected chi connectivity index (χ3v) is 4.99. The van der Waals surface area contributed by atoms with Gasteiger partial charge in [0.25, 0.3) is 0 Å². The Hall–Kier alpha value is -2.85. The number of rotatable bonds is 5. The Bertz CT molecular complexity index is 1080. The van der Waals surface area contributed by atoms with Crippen molar-refractivity contribution in [3.63, 3.8) is 0 Å². The number of fused-ring (bicyclic) bond motifs is 1. The lowest BCUT2D eigenvalue weighted by molar-refractivity contribution is 0.302. The van der Waals surface area contributed by atoms with Crippen LogP contribution in [-0.2, 0) is 13.2 Å². The van der Waals surface area contributed by atoms with E-state index in [-0.39, 0.29) is 18.2 Å². The van der Waals surface area contributed by atoms with Crippen LogP contribution in [0.1, 0.15) is 22.5 Å². The third-order valence-electron chi connectivity index (χ3n) is 4.99. The summed E-state index contributed by atoms with van der Waals surface area (Å²) in [4.78, 5) is 4.58. The first-order valence-electron chi connectivity index (χ1n) is 8.99. The van der Waals surface area contributed by atoms with Gasteiger partial charge in [0, 0.05) is 23.8 Å². The lowest BCUT2D eigenvalue weighted by atomic mass is 10.2. The molecule has 2 heterocycles. The van der Waals surface area contributed by atoms with E-state index >= 15 is 0 Å². The van der Waals surface area contributed by atoms with Crippen molar-refractivity contribution < 1.29 is 9.13 Å². The van der Waals surface area contributed by atoms with Gasteiger partial charge in [0.05, 0.1) is 5.52 Å². The zero-order valence-electron chi connectivity index (χ0n) is 15.9. The van der Waals surface area contributed by atoms with Gasteiger partial charge in [0.2, 0.25) is 0 Å². The molecular formula is C23H22ClFN2O. The van der Waals surface area contributed by atoms with E-state index in [0.717, 1.165) is 17.8 Å². The molecule has 2 aromatic heterocycles. The van der Waals surface area contributed by atoms with Gasteiger partial charge in [-0.05, 0) is 55.3 Å². The summed E-state index contributed by atoms with van der Waals surface area (Å²) in [5.41, 5.74) is 5.70. The average molecular weight is 397 g/mol. The molecule has 0 atom stereocenters. The quantitative estimate of drug-likeness (QED) is 0.423. The minimum absolute atomic E-state index is 0. The lowest BCUT2D eigenvalue weighted by Crippen LogP contribution is -2.06. The first kappa shape index (κ1) is 19.9. The second kappa shape index (κ2) is 8.44. The fourth-order valence-electron chi connectivity index (χ4n) is 3.42. The smallest absolute Gasteiger partial charge is 0.132 e. The minimum atomic E-state index is -0.273. The number of benzene rings is 2. The molecule has 4 rings (SSSR count). The Labute approximate surface area is 170 Å². The molecule has 0 bridgehead atoms. The number of ether oxygens (including phenoxy) is 1. The number of hydrogen-bond acceptors (Lipinski definition) is 2. The van der Waals surface area contributed by atoms with E-state index in [1.807, 2.05) is 12.3 Å². The van der Waals surface area contributed by atoms with E-state index in [1.54, 1.807) is 12.1 Å². The minimum Gasteiger partial charge on any atom is -0.487 e. The van der Waals surface area contributed by atoms with Gasteiger partial charge < -0.3 is 9.30 Å². The molecule has 0 fully saturated rings. The molecule has 3 nitrogen and oxygen atoms in total. The van der Waals surface area contributed by atoms with Gasteiger partial charge in [-0.15, -0.1) is 12.4 Å². The maximum Gasteiger partial charge on any atom is 0.132 e. The van der Waals surface area contributed by atoms with Gasteiger partial charge in [0.15, 0.2) is 0 Å². The van der Waals surface area contributed by atoms with Crippen molar-refractivity contribution in [1.82, 2.24) is 9.55 Å². The van der Waals surface area contributed by atoms with Crippen molar-refractivity contribution in [1.29, 1.82) is 0 Å². The monoisotopic (exact) mass is 396 g/mol. The number of nitrogens with zero attached hydrogens (tertiary/aromatic N) is 2. The summed E-state index contributed by atoms with van der Waals surface area (Å²) in [7, 11) is 0. The Balaban J connectivity index is 0.00000225. The molecular weight excluding hydrogens is 375 g/mol. The van der Waals surface area contributed by atoms with E-state index in [1.165, 1.54) is 34.3 Å². The molecule has 0 aliphatic heterocycles. The molecule has 144 valence electrons. The summed E-state index contributed by atoms with van der Waals surface area (Å²) in [6, 6.07) is 18.5. The van der Waals surface area contributed by atoms with Gasteiger partial charge in [-0.2, -0.15) is 0 Å². The molecule has 28 heavy (non-hydrogen) atoms. The van der Waals surface area contributed by atoms with Crippen molar-refractivity contribution in [3.05, 3.63) is 95.2 Å². The molecule has 0 saturated heterocycles. The van der Waals surface area contributed by atoms with Gasteiger partial charge >= 0.3 is 0 Å². The van der Waals surface area contributed by atoms with Crippen molar-refractivity contribution in [2.24, 2.45) is 0 Å². The predicted octanol–water partition coefficient (Wildman–Crippen LogP) is 5.84. The van der Waals surface area contributed by atoms with Crippen LogP contribution >= 0.6 is 12.4 Å². The largest absolute Gasteiger partial charge is 0.487 e. The van der Waals surface area contributed by atoms with E-state index < -0.39 is 0 Å². The molecule has 5 heteroatoms. The fraction of sp³-hybridized carbons (Fsp3) is 0.174. The van der Waals surface area contributed by atoms with Gasteiger partial charge in [0.1, 0.15) is 23.9 Å². The maximum absolute atomic E-state index is 13.1. The van der Waals surface area contributed by atoms with Crippen LogP contribution in [0.25, 0.3) is 10.9 Å². The number of hydrogen-bond donors (Lipinski definition) is 0. The Morgan fingerprint density at radius 1 is 0.964 bits per heavy atom. The molecule has 2 aromatic carbocycles. The van der Waals surface area contributed by atoms with Crippen molar-refractivity contribution in [2.45, 2.75) is 27.0 Å². The van der Waals surface area contributed by atoms with Crippen LogP contribution < -0.4 is 4.74 Å². The third kappa shape index (κ3) is 3.87. The Morgan fingerprint density at radius 3 is 2.39 bits per heavy atom. The number of aryl methyl sites for hydroxylation is 1. The molecule has 0 aliphatic rings. The van der Waals surface area contributed by atoms with Crippen LogP contribution in [0.5, 0.6) is 5.75 Å². The highest BCUT2D eigenvalue weighted by atomic mass is 35.5. The zero-order chi connectivity index (χ0) is 18.8. The van der Waals surface area contributed by atoms with E-state index in [4.69, 9.17) is 4.74 Å². The summed E-state index contributed by atoms with van der Waals surface area (Å²) >= 11 is 0. The number of pyridine rings is 1. The molecule has 0 radical (unpaired) electrons. The van der Waals surface area contributed by atoms with Crippen molar-refractivity contribution >= 4 is 23.3 Å². The van der Waals surface area contributed by atoms with Crippen LogP contribution in [0, 0.1) is 19.7 Å². The van der Waals surface area contributed by atoms with Crippen molar-refractivity contribution in [3.8, 4) is 5.75 Å². The molecule has 0 spiro atoms. The standard InChI is InChI=1S/C23H21FN2O.ClH/c1-16-17(2)26(14-18-6-4-3-5-7-18)23-21(16)12-13-25-22(23)15-27-20-10-8-19(24)9-11-20;/h3-13H,14-15H2,1-2H3;1H. The van der Waals surface area contributed by atoms with Crippen LogP contribution in [0.3, 0.4) is 0 Å². The summed E-state index contributed by atoms with van der Waals surface area (Å²) in [6.07, 6.45) is 1.82. The fourth-order valence-corrected chi connectivity index (χ4v) is 3.42. The summed E-state index contributed by atoms with van der Waals surface area (Å²) in [5.74, 6) is 0.357. The maximum atomic E-state index is 13.1. The molecule has 4 aromatic rings. The average Bonchev–Trinajstić information content (AvgIpc) is 2.94. The second-order valence-corrected chi connectivity index (χ2v) is 6.68. The van der Waals surface area contributed by atoms with Gasteiger partial charge in [-0.3, -0.25) is 4.98 Å². The lowest BCUT2D eigenvalue weighted by Gasteiger charge is -2.12. The van der Waals surface area contributed by atoms with E-state index in [9.17, 15) is 4.39 Å². The number of aromatic nitrogens is 2. The Morgan fingerprint density at radius 2 is 1.68 bits per heavy atom. The first-order valence-corrected chi connectivity index (χ1v) is 8.99. The highest BCUT2D eigenvalue weighted by molar-refractivity contribution is 5.87. The normalized spacial score (nSPS) is 10.7. The van der Waals surface area contributed by atoms with Crippen molar-refractivity contribution in [2.75, 3.05) is 0 Å². The summed E-state index contributed by atoms with van der Waals surface area (Å²) in [5, 5.41) is 1.19. The number of halogens is 2. The zero-order valence-corrected chi connectivity index (χ0v) is 16.7. The molecule has 0 N–H and O–H groups in total. The molecule has 0 amide bonds. The van der Waals surface area contributed by atoms with E-state index in [2.05, 4.69) is 53.7 Å². The van der Waals surface area contributed by atoms with Gasteiger partial charge in [-0.1, -0.05) is 30.3 Å². The highest BCUT2D eigenvalue weighted by Crippen LogP contribution is 2.28. The van der Waals surface area contributed by atoms with Crippen LogP contribution in [0.4, 0.5) is 4.39 Å². The molecule has 0 unspecified atom stereocenters. The second-order valence-electron chi connectivity index (χ2n) is 6.68. The summed E-state index contributed by atoms with van der Waals surface area (Å²) in [6.45, 7) is 5.40. The van der Waals surface area contributed by atoms with Crippen LogP contribution in [0.2, 0.25) is 0 Å². The van der Waals surface area contributed by atoms with Gasteiger partial charge in [-0.25, -0.2) is 4.39 Å². The topological polar surface area (TPSA) is 27.1 Å². The van der Waals surface area contributed by atoms with E-state index in [0.29, 0.717) is 12.4 Å². The first-order chi connectivity index (χ1) is 13.1. The molecule has 0 saturated carbocycles. The van der Waals surface area contributed by atoms with Crippen LogP contribution in [-0.4, -0.2) is 9.55 Å². The summed E-state index contributed by atoms with van der Waals surface area (Å²) < 4.78 is 21.3. The van der Waals surface area contributed by atoms with Crippen LogP contribution in [0.15, 0.2) is 66.9 Å².